The summed E-state index contributed by atoms with van der Waals surface area (Å²) >= 11 is 0. The second kappa shape index (κ2) is 3.06. The summed E-state index contributed by atoms with van der Waals surface area (Å²) in [6.07, 6.45) is 4.74. The molecule has 2 heteroatoms. The van der Waals surface area contributed by atoms with Crippen LogP contribution in [0.25, 0.3) is 0 Å². The van der Waals surface area contributed by atoms with Crippen molar-refractivity contribution in [1.29, 1.82) is 0 Å². The van der Waals surface area contributed by atoms with Crippen LogP contribution in [0.2, 0.25) is 0 Å². The normalized spacial score (nSPS) is 39.4. The molecule has 2 aliphatic carbocycles. The van der Waals surface area contributed by atoms with Gasteiger partial charge < -0.3 is 5.11 Å². The van der Waals surface area contributed by atoms with Crippen LogP contribution in [0.3, 0.4) is 0 Å². The van der Waals surface area contributed by atoms with Gasteiger partial charge in [-0.05, 0) is 37.0 Å². The van der Waals surface area contributed by atoms with Gasteiger partial charge in [0.15, 0.2) is 0 Å². The molecule has 80 valence electrons. The second-order valence-electron chi connectivity index (χ2n) is 5.49. The Morgan fingerprint density at radius 1 is 1.50 bits per heavy atom. The lowest BCUT2D eigenvalue weighted by atomic mass is 9.66. The molecule has 2 aliphatic rings. The van der Waals surface area contributed by atoms with Gasteiger partial charge in [0.1, 0.15) is 5.78 Å². The molecule has 0 aromatic carbocycles. The SMILES string of the molecule is CC1(C)C2CC[C@@]1(CCCO)C(=O)C2. The van der Waals surface area contributed by atoms with Crippen LogP contribution in [0.1, 0.15) is 46.0 Å². The molecule has 0 spiro atoms. The fraction of sp³-hybridized carbons (Fsp3) is 0.917. The highest BCUT2D eigenvalue weighted by Gasteiger charge is 2.63. The molecule has 2 fully saturated rings. The lowest BCUT2D eigenvalue weighted by Crippen LogP contribution is -2.36. The van der Waals surface area contributed by atoms with Gasteiger partial charge >= 0.3 is 0 Å². The first-order valence-electron chi connectivity index (χ1n) is 5.69. The largest absolute Gasteiger partial charge is 0.396 e. The third-order valence-electron chi connectivity index (χ3n) is 4.90. The number of carbonyl (C=O) groups excluding carboxylic acids is 1. The number of rotatable bonds is 3. The number of ketones is 1. The summed E-state index contributed by atoms with van der Waals surface area (Å²) in [4.78, 5) is 12.0. The van der Waals surface area contributed by atoms with E-state index in [1.54, 1.807) is 0 Å². The average molecular weight is 196 g/mol. The Morgan fingerprint density at radius 2 is 2.21 bits per heavy atom. The molecule has 2 nitrogen and oxygen atoms in total. The first-order valence-corrected chi connectivity index (χ1v) is 5.69. The van der Waals surface area contributed by atoms with Crippen molar-refractivity contribution >= 4 is 5.78 Å². The number of aliphatic hydroxyl groups excluding tert-OH is 1. The van der Waals surface area contributed by atoms with Crippen LogP contribution in [0.5, 0.6) is 0 Å². The molecule has 1 unspecified atom stereocenters. The highest BCUT2D eigenvalue weighted by molar-refractivity contribution is 5.89. The molecule has 0 radical (unpaired) electrons. The molecule has 0 saturated heterocycles. The Kier molecular flexibility index (Phi) is 2.22. The van der Waals surface area contributed by atoms with E-state index in [9.17, 15) is 4.79 Å². The minimum absolute atomic E-state index is 0.0829. The van der Waals surface area contributed by atoms with Gasteiger partial charge in [0, 0.05) is 18.4 Å². The van der Waals surface area contributed by atoms with Crippen molar-refractivity contribution in [2.45, 2.75) is 46.0 Å². The lowest BCUT2D eigenvalue weighted by Gasteiger charge is -2.36. The Balaban J connectivity index is 2.25. The van der Waals surface area contributed by atoms with Crippen molar-refractivity contribution in [2.75, 3.05) is 6.61 Å². The van der Waals surface area contributed by atoms with E-state index in [0.717, 1.165) is 25.7 Å². The van der Waals surface area contributed by atoms with Crippen LogP contribution in [0.15, 0.2) is 0 Å². The first kappa shape index (κ1) is 10.2. The molecule has 2 atom stereocenters. The van der Waals surface area contributed by atoms with Gasteiger partial charge in [-0.1, -0.05) is 13.8 Å². The Bertz CT molecular complexity index is 257. The topological polar surface area (TPSA) is 37.3 Å². The van der Waals surface area contributed by atoms with Gasteiger partial charge in [0.2, 0.25) is 0 Å². The molecular formula is C12H20O2. The Labute approximate surface area is 85.7 Å². The van der Waals surface area contributed by atoms with E-state index in [0.29, 0.717) is 11.7 Å². The van der Waals surface area contributed by atoms with Gasteiger partial charge in [-0.25, -0.2) is 0 Å². The zero-order valence-electron chi connectivity index (χ0n) is 9.18. The number of Topliss-reactive ketones (excluding diaryl/α,β-unsaturated/α-hetero) is 1. The fourth-order valence-corrected chi connectivity index (χ4v) is 3.74. The third-order valence-corrected chi connectivity index (χ3v) is 4.90. The number of carbonyl (C=O) groups is 1. The third kappa shape index (κ3) is 1.04. The molecule has 0 aromatic rings. The van der Waals surface area contributed by atoms with Gasteiger partial charge in [0.25, 0.3) is 0 Å². The van der Waals surface area contributed by atoms with E-state index in [-0.39, 0.29) is 17.4 Å². The van der Waals surface area contributed by atoms with E-state index in [1.807, 2.05) is 0 Å². The number of hydrogen-bond acceptors (Lipinski definition) is 2. The molecule has 14 heavy (non-hydrogen) atoms. The highest BCUT2D eigenvalue weighted by Crippen LogP contribution is 2.65. The molecule has 2 saturated carbocycles. The molecule has 2 rings (SSSR count). The van der Waals surface area contributed by atoms with Crippen LogP contribution in [-0.2, 0) is 4.79 Å². The molecular weight excluding hydrogens is 176 g/mol. The summed E-state index contributed by atoms with van der Waals surface area (Å²) in [6, 6.07) is 0. The van der Waals surface area contributed by atoms with Gasteiger partial charge in [-0.15, -0.1) is 0 Å². The van der Waals surface area contributed by atoms with E-state index < -0.39 is 0 Å². The fourth-order valence-electron chi connectivity index (χ4n) is 3.74. The summed E-state index contributed by atoms with van der Waals surface area (Å²) in [5, 5.41) is 8.90. The zero-order valence-corrected chi connectivity index (χ0v) is 9.18. The number of aliphatic hydroxyl groups is 1. The van der Waals surface area contributed by atoms with Crippen LogP contribution in [0.4, 0.5) is 0 Å². The van der Waals surface area contributed by atoms with Crippen LogP contribution in [0, 0.1) is 16.7 Å². The second-order valence-corrected chi connectivity index (χ2v) is 5.49. The quantitative estimate of drug-likeness (QED) is 0.751. The minimum Gasteiger partial charge on any atom is -0.396 e. The van der Waals surface area contributed by atoms with Crippen molar-refractivity contribution in [3.8, 4) is 0 Å². The Morgan fingerprint density at radius 3 is 2.64 bits per heavy atom. The minimum atomic E-state index is -0.0829. The van der Waals surface area contributed by atoms with Crippen LogP contribution >= 0.6 is 0 Å². The van der Waals surface area contributed by atoms with E-state index >= 15 is 0 Å². The van der Waals surface area contributed by atoms with Crippen molar-refractivity contribution in [3.05, 3.63) is 0 Å². The maximum atomic E-state index is 12.0. The highest BCUT2D eigenvalue weighted by atomic mass is 16.3. The van der Waals surface area contributed by atoms with E-state index in [4.69, 9.17) is 5.11 Å². The summed E-state index contributed by atoms with van der Waals surface area (Å²) in [5.41, 5.74) is 0.0969. The maximum absolute atomic E-state index is 12.0. The molecule has 2 bridgehead atoms. The standard InChI is InChI=1S/C12H20O2/c1-11(2)9-4-6-12(11,5-3-7-13)10(14)8-9/h9,13H,3-8H2,1-2H3/t9?,12-/m0/s1. The van der Waals surface area contributed by atoms with Crippen molar-refractivity contribution < 1.29 is 9.90 Å². The molecule has 0 aliphatic heterocycles. The molecule has 0 heterocycles. The summed E-state index contributed by atoms with van der Waals surface area (Å²) in [5.74, 6) is 1.07. The van der Waals surface area contributed by atoms with Crippen LogP contribution in [-0.4, -0.2) is 17.5 Å². The summed E-state index contributed by atoms with van der Waals surface area (Å²) in [6.45, 7) is 4.70. The van der Waals surface area contributed by atoms with Gasteiger partial charge in [-0.3, -0.25) is 4.79 Å². The number of fused-ring (bicyclic) bond motifs is 2. The summed E-state index contributed by atoms with van der Waals surface area (Å²) in [7, 11) is 0. The van der Waals surface area contributed by atoms with E-state index in [1.165, 1.54) is 6.42 Å². The predicted octanol–water partition coefficient (Wildman–Crippen LogP) is 2.15. The maximum Gasteiger partial charge on any atom is 0.139 e. The van der Waals surface area contributed by atoms with Crippen LogP contribution < -0.4 is 0 Å². The smallest absolute Gasteiger partial charge is 0.139 e. The zero-order chi connectivity index (χ0) is 10.4. The van der Waals surface area contributed by atoms with Crippen molar-refractivity contribution in [3.63, 3.8) is 0 Å². The van der Waals surface area contributed by atoms with Crippen molar-refractivity contribution in [2.24, 2.45) is 16.7 Å². The summed E-state index contributed by atoms with van der Waals surface area (Å²) < 4.78 is 0. The predicted molar refractivity (Wildman–Crippen MR) is 54.9 cm³/mol. The van der Waals surface area contributed by atoms with Crippen molar-refractivity contribution in [1.82, 2.24) is 0 Å². The number of hydrogen-bond donors (Lipinski definition) is 1. The molecule has 0 amide bonds. The monoisotopic (exact) mass is 196 g/mol. The first-order chi connectivity index (χ1) is 6.54. The van der Waals surface area contributed by atoms with Gasteiger partial charge in [0.05, 0.1) is 0 Å². The Hall–Kier alpha value is -0.370. The molecule has 1 N–H and O–H groups in total. The lowest BCUT2D eigenvalue weighted by molar-refractivity contribution is -0.130. The molecule has 0 aromatic heterocycles. The average Bonchev–Trinajstić information content (AvgIpc) is 2.48. The van der Waals surface area contributed by atoms with Gasteiger partial charge in [-0.2, -0.15) is 0 Å². The van der Waals surface area contributed by atoms with E-state index in [2.05, 4.69) is 13.8 Å².